The summed E-state index contributed by atoms with van der Waals surface area (Å²) in [6.45, 7) is 2.98. The van der Waals surface area contributed by atoms with Gasteiger partial charge in [0, 0.05) is 5.02 Å². The van der Waals surface area contributed by atoms with Gasteiger partial charge in [-0.05, 0) is 42.0 Å². The first-order chi connectivity index (χ1) is 16.0. The van der Waals surface area contributed by atoms with Crippen molar-refractivity contribution >= 4 is 11.6 Å². The highest BCUT2D eigenvalue weighted by Crippen LogP contribution is 2.40. The lowest BCUT2D eigenvalue weighted by Crippen LogP contribution is -2.41. The molecule has 0 saturated heterocycles. The molecule has 1 aliphatic rings. The first-order valence-corrected chi connectivity index (χ1v) is 12.5. The number of rotatable bonds is 10. The lowest BCUT2D eigenvalue weighted by Gasteiger charge is -2.29. The summed E-state index contributed by atoms with van der Waals surface area (Å²) in [5, 5.41) is 0.751. The van der Waals surface area contributed by atoms with Gasteiger partial charge < -0.3 is 13.6 Å². The van der Waals surface area contributed by atoms with Crippen LogP contribution in [0.5, 0.6) is 0 Å². The SMILES string of the molecule is C[N+](C)(CCOCc1ccc(Cl)cc1)Cc1cnc(C(c2ccccc2)C2CCCCC2)o1. The molecule has 1 atom stereocenters. The van der Waals surface area contributed by atoms with Crippen molar-refractivity contribution in [3.8, 4) is 0 Å². The minimum Gasteiger partial charge on any atom is -0.439 e. The van der Waals surface area contributed by atoms with Crippen LogP contribution in [0.25, 0.3) is 0 Å². The average Bonchev–Trinajstić information content (AvgIpc) is 3.26. The quantitative estimate of drug-likeness (QED) is 0.242. The molecule has 0 radical (unpaired) electrons. The number of oxazole rings is 1. The van der Waals surface area contributed by atoms with Crippen molar-refractivity contribution in [3.05, 3.63) is 88.6 Å². The summed E-state index contributed by atoms with van der Waals surface area (Å²) in [7, 11) is 4.42. The number of hydrogen-bond acceptors (Lipinski definition) is 3. The number of quaternary nitrogens is 1. The Morgan fingerprint density at radius 2 is 1.76 bits per heavy atom. The fourth-order valence-electron chi connectivity index (χ4n) is 4.87. The first kappa shape index (κ1) is 24.0. The third kappa shape index (κ3) is 6.92. The van der Waals surface area contributed by atoms with Crippen LogP contribution in [0.4, 0.5) is 0 Å². The number of nitrogens with zero attached hydrogens (tertiary/aromatic N) is 2. The van der Waals surface area contributed by atoms with Crippen LogP contribution in [-0.2, 0) is 17.9 Å². The fourth-order valence-corrected chi connectivity index (χ4v) is 4.99. The molecule has 176 valence electrons. The van der Waals surface area contributed by atoms with E-state index in [9.17, 15) is 0 Å². The van der Waals surface area contributed by atoms with E-state index < -0.39 is 0 Å². The first-order valence-electron chi connectivity index (χ1n) is 12.1. The Bertz CT molecular complexity index is 979. The zero-order valence-corrected chi connectivity index (χ0v) is 20.6. The number of aromatic nitrogens is 1. The summed E-state index contributed by atoms with van der Waals surface area (Å²) in [6, 6.07) is 18.6. The van der Waals surface area contributed by atoms with Crippen molar-refractivity contribution in [2.75, 3.05) is 27.2 Å². The van der Waals surface area contributed by atoms with Gasteiger partial charge in [-0.25, -0.2) is 4.98 Å². The van der Waals surface area contributed by atoms with Crippen LogP contribution < -0.4 is 0 Å². The molecule has 1 unspecified atom stereocenters. The lowest BCUT2D eigenvalue weighted by atomic mass is 9.77. The second kappa shape index (κ2) is 11.3. The Morgan fingerprint density at radius 1 is 1.03 bits per heavy atom. The molecular formula is C28H36ClN2O2+. The molecule has 0 amide bonds. The van der Waals surface area contributed by atoms with Gasteiger partial charge in [-0.2, -0.15) is 0 Å². The minimum absolute atomic E-state index is 0.249. The van der Waals surface area contributed by atoms with Crippen molar-refractivity contribution in [2.45, 2.75) is 51.2 Å². The maximum atomic E-state index is 6.40. The minimum atomic E-state index is 0.249. The van der Waals surface area contributed by atoms with E-state index in [0.29, 0.717) is 19.1 Å². The normalized spacial score (nSPS) is 16.1. The van der Waals surface area contributed by atoms with Gasteiger partial charge in [0.05, 0.1) is 39.4 Å². The van der Waals surface area contributed by atoms with Gasteiger partial charge >= 0.3 is 0 Å². The fraction of sp³-hybridized carbons (Fsp3) is 0.464. The highest BCUT2D eigenvalue weighted by Gasteiger charge is 2.31. The van der Waals surface area contributed by atoms with Gasteiger partial charge in [0.1, 0.15) is 13.1 Å². The van der Waals surface area contributed by atoms with Gasteiger partial charge in [-0.15, -0.1) is 0 Å². The Hall–Kier alpha value is -2.14. The zero-order valence-electron chi connectivity index (χ0n) is 19.9. The molecule has 33 heavy (non-hydrogen) atoms. The molecule has 5 heteroatoms. The van der Waals surface area contributed by atoms with Crippen LogP contribution in [0.2, 0.25) is 5.02 Å². The molecule has 4 nitrogen and oxygen atoms in total. The second-order valence-corrected chi connectivity index (χ2v) is 10.4. The van der Waals surface area contributed by atoms with Gasteiger partial charge in [-0.1, -0.05) is 73.3 Å². The van der Waals surface area contributed by atoms with Crippen molar-refractivity contribution < 1.29 is 13.6 Å². The van der Waals surface area contributed by atoms with Crippen molar-refractivity contribution in [1.82, 2.24) is 4.98 Å². The molecule has 0 N–H and O–H groups in total. The third-order valence-electron chi connectivity index (χ3n) is 6.72. The summed E-state index contributed by atoms with van der Waals surface area (Å²) in [4.78, 5) is 4.78. The standard InChI is InChI=1S/C28H36ClN2O2/c1-31(2,17-18-32-21-22-13-15-25(29)16-14-22)20-26-19-30-28(33-26)27(23-9-5-3-6-10-23)24-11-7-4-8-12-24/h3,5-6,9-10,13-16,19,24,27H,4,7-8,11-12,17-18,20-21H2,1-2H3/q+1. The van der Waals surface area contributed by atoms with Gasteiger partial charge in [-0.3, -0.25) is 0 Å². The van der Waals surface area contributed by atoms with Crippen LogP contribution in [-0.4, -0.2) is 36.7 Å². The molecule has 4 rings (SSSR count). The molecule has 1 saturated carbocycles. The summed E-state index contributed by atoms with van der Waals surface area (Å²) in [5.41, 5.74) is 2.46. The van der Waals surface area contributed by atoms with Gasteiger partial charge in [0.25, 0.3) is 0 Å². The smallest absolute Gasteiger partial charge is 0.202 e. The Morgan fingerprint density at radius 3 is 2.48 bits per heavy atom. The number of benzene rings is 2. The maximum Gasteiger partial charge on any atom is 0.202 e. The zero-order chi connectivity index (χ0) is 23.1. The van der Waals surface area contributed by atoms with Crippen LogP contribution in [0.15, 0.2) is 65.2 Å². The van der Waals surface area contributed by atoms with E-state index in [1.165, 1.54) is 37.7 Å². The van der Waals surface area contributed by atoms with Crippen molar-refractivity contribution in [1.29, 1.82) is 0 Å². The molecule has 2 aromatic carbocycles. The summed E-state index contributed by atoms with van der Waals surface area (Å²) in [5.74, 6) is 2.68. The average molecular weight is 468 g/mol. The topological polar surface area (TPSA) is 35.3 Å². The van der Waals surface area contributed by atoms with Gasteiger partial charge in [0.15, 0.2) is 5.76 Å². The number of hydrogen-bond donors (Lipinski definition) is 0. The monoisotopic (exact) mass is 467 g/mol. The third-order valence-corrected chi connectivity index (χ3v) is 6.98. The Kier molecular flexibility index (Phi) is 8.24. The van der Waals surface area contributed by atoms with Crippen molar-refractivity contribution in [2.24, 2.45) is 5.92 Å². The molecular weight excluding hydrogens is 432 g/mol. The highest BCUT2D eigenvalue weighted by atomic mass is 35.5. The van der Waals surface area contributed by atoms with E-state index in [1.807, 2.05) is 30.5 Å². The summed E-state index contributed by atoms with van der Waals surface area (Å²) in [6.07, 6.45) is 8.40. The van der Waals surface area contributed by atoms with Gasteiger partial charge in [0.2, 0.25) is 5.89 Å². The number of halogens is 1. The van der Waals surface area contributed by atoms with E-state index >= 15 is 0 Å². The largest absolute Gasteiger partial charge is 0.439 e. The maximum absolute atomic E-state index is 6.40. The Labute approximate surface area is 203 Å². The summed E-state index contributed by atoms with van der Waals surface area (Å²) < 4.78 is 13.1. The molecule has 1 heterocycles. The Balaban J connectivity index is 1.36. The van der Waals surface area contributed by atoms with E-state index in [-0.39, 0.29) is 5.92 Å². The van der Waals surface area contributed by atoms with Crippen LogP contribution >= 0.6 is 11.6 Å². The number of likely N-dealkylation sites (N-methyl/N-ethyl adjacent to an activating group) is 1. The van der Waals surface area contributed by atoms with E-state index in [1.54, 1.807) is 0 Å². The molecule has 0 bridgehead atoms. The molecule has 3 aromatic rings. The predicted octanol–water partition coefficient (Wildman–Crippen LogP) is 6.83. The molecule has 0 spiro atoms. The van der Waals surface area contributed by atoms with E-state index in [4.69, 9.17) is 25.7 Å². The number of ether oxygens (including phenoxy) is 1. The van der Waals surface area contributed by atoms with Crippen LogP contribution in [0.3, 0.4) is 0 Å². The molecule has 1 aliphatic carbocycles. The molecule has 1 aromatic heterocycles. The molecule has 1 fully saturated rings. The highest BCUT2D eigenvalue weighted by molar-refractivity contribution is 6.30. The van der Waals surface area contributed by atoms with Crippen LogP contribution in [0, 0.1) is 5.92 Å². The predicted molar refractivity (Wildman–Crippen MR) is 133 cm³/mol. The van der Waals surface area contributed by atoms with Crippen molar-refractivity contribution in [3.63, 3.8) is 0 Å². The van der Waals surface area contributed by atoms with Crippen LogP contribution in [0.1, 0.15) is 60.8 Å². The summed E-state index contributed by atoms with van der Waals surface area (Å²) >= 11 is 5.95. The van der Waals surface area contributed by atoms with E-state index in [0.717, 1.165) is 39.8 Å². The molecule has 0 aliphatic heterocycles. The lowest BCUT2D eigenvalue weighted by molar-refractivity contribution is -0.905. The van der Waals surface area contributed by atoms with E-state index in [2.05, 4.69) is 44.4 Å². The second-order valence-electron chi connectivity index (χ2n) is 9.95.